The summed E-state index contributed by atoms with van der Waals surface area (Å²) in [4.78, 5) is 11.2. The molecule has 1 atom stereocenters. The summed E-state index contributed by atoms with van der Waals surface area (Å²) in [5.41, 5.74) is 11.0. The van der Waals surface area contributed by atoms with E-state index in [4.69, 9.17) is 14.9 Å². The van der Waals surface area contributed by atoms with Gasteiger partial charge in [-0.05, 0) is 67.8 Å². The molecule has 0 aliphatic heterocycles. The van der Waals surface area contributed by atoms with Crippen molar-refractivity contribution in [1.82, 2.24) is 4.72 Å². The number of hydrogen-bond donors (Lipinski definition) is 3. The predicted molar refractivity (Wildman–Crippen MR) is 146 cm³/mol. The van der Waals surface area contributed by atoms with Crippen LogP contribution in [-0.4, -0.2) is 20.4 Å². The zero-order valence-electron chi connectivity index (χ0n) is 21.2. The molecule has 0 radical (unpaired) electrons. The number of ether oxygens (including phenoxy) is 1. The Labute approximate surface area is 219 Å². The lowest BCUT2D eigenvalue weighted by Crippen LogP contribution is -2.38. The summed E-state index contributed by atoms with van der Waals surface area (Å²) in [7, 11) is 0. The highest BCUT2D eigenvalue weighted by Gasteiger charge is 2.26. The fourth-order valence-corrected chi connectivity index (χ4v) is 4.69. The van der Waals surface area contributed by atoms with Gasteiger partial charge >= 0.3 is 5.97 Å². The van der Waals surface area contributed by atoms with Crippen molar-refractivity contribution >= 4 is 28.3 Å². The van der Waals surface area contributed by atoms with Crippen LogP contribution in [0.1, 0.15) is 43.2 Å². The maximum Gasteiger partial charge on any atom is 0.307 e. The second kappa shape index (κ2) is 11.4. The molecule has 0 spiro atoms. The number of furan rings is 1. The molecule has 0 saturated heterocycles. The molecular formula is C29H32N2O5S. The van der Waals surface area contributed by atoms with Gasteiger partial charge in [-0.1, -0.05) is 36.4 Å². The summed E-state index contributed by atoms with van der Waals surface area (Å²) >= 11 is -1.23. The summed E-state index contributed by atoms with van der Waals surface area (Å²) in [6, 6.07) is 21.1. The van der Waals surface area contributed by atoms with Crippen LogP contribution in [0.4, 0.5) is 0 Å². The molecule has 0 amide bonds. The Morgan fingerprint density at radius 1 is 1.08 bits per heavy atom. The minimum absolute atomic E-state index is 0.111. The van der Waals surface area contributed by atoms with Crippen LogP contribution in [-0.2, 0) is 42.3 Å². The van der Waals surface area contributed by atoms with E-state index in [0.717, 1.165) is 33.2 Å². The number of carboxylic acid groups (broad SMARTS) is 1. The van der Waals surface area contributed by atoms with Gasteiger partial charge in [-0.15, -0.1) is 4.72 Å². The number of benzene rings is 3. The van der Waals surface area contributed by atoms with Crippen molar-refractivity contribution in [2.75, 3.05) is 0 Å². The fourth-order valence-electron chi connectivity index (χ4n) is 3.99. The first-order valence-corrected chi connectivity index (χ1v) is 13.2. The van der Waals surface area contributed by atoms with Crippen LogP contribution in [0.3, 0.4) is 0 Å². The van der Waals surface area contributed by atoms with Gasteiger partial charge in [0.05, 0.1) is 13.0 Å². The zero-order chi connectivity index (χ0) is 26.6. The third-order valence-corrected chi connectivity index (χ3v) is 7.36. The van der Waals surface area contributed by atoms with Gasteiger partial charge in [-0.2, -0.15) is 0 Å². The lowest BCUT2D eigenvalue weighted by atomic mass is 9.99. The monoisotopic (exact) mass is 520 g/mol. The van der Waals surface area contributed by atoms with Gasteiger partial charge in [-0.3, -0.25) is 4.79 Å². The summed E-state index contributed by atoms with van der Waals surface area (Å²) in [5.74, 6) is 0.304. The Morgan fingerprint density at radius 3 is 2.59 bits per heavy atom. The van der Waals surface area contributed by atoms with Gasteiger partial charge in [0.15, 0.2) is 0 Å². The molecule has 4 aromatic rings. The topological polar surface area (TPSA) is 121 Å². The van der Waals surface area contributed by atoms with Crippen LogP contribution in [0, 0.1) is 0 Å². The highest BCUT2D eigenvalue weighted by molar-refractivity contribution is 7.90. The Balaban J connectivity index is 1.68. The summed E-state index contributed by atoms with van der Waals surface area (Å²) in [6.45, 7) is 6.75. The van der Waals surface area contributed by atoms with Crippen molar-refractivity contribution in [2.45, 2.75) is 51.6 Å². The lowest BCUT2D eigenvalue weighted by molar-refractivity contribution is -0.136. The average Bonchev–Trinajstić information content (AvgIpc) is 3.28. The van der Waals surface area contributed by atoms with Gasteiger partial charge in [0.25, 0.3) is 0 Å². The van der Waals surface area contributed by atoms with E-state index in [-0.39, 0.29) is 17.8 Å². The molecular weight excluding hydrogens is 488 g/mol. The number of aliphatic carboxylic acids is 1. The standard InChI is InChI=1S/C29H32N2O5S/c1-29(2,3)37(34)31-17-24-14-23-12-20(18-35-26-10-5-4-8-22(26)15-27(32)33)13-25(28(23)36-24)21-9-6-7-19(11-21)16-30/h4-14,31H,15-18,30H2,1-3H3,(H,32,33)/t37-/m1/s1. The van der Waals surface area contributed by atoms with Gasteiger partial charge in [0, 0.05) is 34.4 Å². The highest BCUT2D eigenvalue weighted by atomic mass is 32.2. The number of rotatable bonds is 10. The first kappa shape index (κ1) is 26.8. The average molecular weight is 521 g/mol. The van der Waals surface area contributed by atoms with E-state index in [1.807, 2.05) is 69.3 Å². The molecule has 4 rings (SSSR count). The normalized spacial score (nSPS) is 12.6. The molecule has 0 bridgehead atoms. The molecule has 3 aromatic carbocycles. The summed E-state index contributed by atoms with van der Waals surface area (Å²) < 4.78 is 27.4. The second-order valence-corrected chi connectivity index (χ2v) is 11.9. The smallest absolute Gasteiger partial charge is 0.307 e. The third kappa shape index (κ3) is 6.72. The van der Waals surface area contributed by atoms with Crippen LogP contribution in [0.2, 0.25) is 0 Å². The minimum atomic E-state index is -1.23. The van der Waals surface area contributed by atoms with Gasteiger partial charge in [-0.25, -0.2) is 0 Å². The second-order valence-electron chi connectivity index (χ2n) is 9.85. The van der Waals surface area contributed by atoms with Crippen molar-refractivity contribution in [2.24, 2.45) is 5.73 Å². The van der Waals surface area contributed by atoms with E-state index in [2.05, 4.69) is 4.72 Å². The third-order valence-electron chi connectivity index (χ3n) is 5.84. The molecule has 0 aliphatic rings. The van der Waals surface area contributed by atoms with E-state index >= 15 is 0 Å². The largest absolute Gasteiger partial charge is 0.598 e. The molecule has 1 aromatic heterocycles. The number of hydrogen-bond acceptors (Lipinski definition) is 6. The van der Waals surface area contributed by atoms with Crippen molar-refractivity contribution in [3.05, 3.63) is 89.2 Å². The number of fused-ring (bicyclic) bond motifs is 1. The van der Waals surface area contributed by atoms with E-state index < -0.39 is 17.3 Å². The first-order chi connectivity index (χ1) is 17.6. The molecule has 0 saturated carbocycles. The van der Waals surface area contributed by atoms with Crippen molar-refractivity contribution in [3.8, 4) is 16.9 Å². The SMILES string of the molecule is CC(C)(C)[S@@+]([O-])NCc1cc2cc(COc3ccccc3CC(=O)O)cc(-c3cccc(CN)c3)c2o1. The van der Waals surface area contributed by atoms with Crippen molar-refractivity contribution in [1.29, 1.82) is 0 Å². The number of para-hydroxylation sites is 1. The zero-order valence-corrected chi connectivity index (χ0v) is 22.1. The van der Waals surface area contributed by atoms with E-state index in [0.29, 0.717) is 30.2 Å². The van der Waals surface area contributed by atoms with Crippen LogP contribution in [0.25, 0.3) is 22.1 Å². The maximum absolute atomic E-state index is 12.5. The fraction of sp³-hybridized carbons (Fsp3) is 0.276. The van der Waals surface area contributed by atoms with Crippen LogP contribution in [0.5, 0.6) is 5.75 Å². The van der Waals surface area contributed by atoms with Gasteiger partial charge < -0.3 is 24.5 Å². The molecule has 4 N–H and O–H groups in total. The highest BCUT2D eigenvalue weighted by Crippen LogP contribution is 2.34. The van der Waals surface area contributed by atoms with Gasteiger partial charge in [0.1, 0.15) is 28.4 Å². The number of carboxylic acids is 1. The van der Waals surface area contributed by atoms with E-state index in [9.17, 15) is 14.5 Å². The molecule has 0 aliphatic carbocycles. The number of nitrogens with one attached hydrogen (secondary N) is 1. The van der Waals surface area contributed by atoms with Gasteiger partial charge in [0.2, 0.25) is 0 Å². The maximum atomic E-state index is 12.5. The number of carbonyl (C=O) groups is 1. The molecule has 194 valence electrons. The van der Waals surface area contributed by atoms with E-state index in [1.165, 1.54) is 0 Å². The molecule has 1 heterocycles. The van der Waals surface area contributed by atoms with Crippen molar-refractivity contribution in [3.63, 3.8) is 0 Å². The van der Waals surface area contributed by atoms with Crippen LogP contribution >= 0.6 is 0 Å². The Bertz CT molecular complexity index is 1390. The number of nitrogens with two attached hydrogens (primary N) is 1. The predicted octanol–water partition coefficient (Wildman–Crippen LogP) is 5.32. The van der Waals surface area contributed by atoms with Crippen LogP contribution < -0.4 is 15.2 Å². The van der Waals surface area contributed by atoms with Crippen LogP contribution in [0.15, 0.2) is 71.1 Å². The quantitative estimate of drug-likeness (QED) is 0.242. The molecule has 0 fully saturated rings. The van der Waals surface area contributed by atoms with E-state index in [1.54, 1.807) is 18.2 Å². The minimum Gasteiger partial charge on any atom is -0.598 e. The Kier molecular flexibility index (Phi) is 8.24. The molecule has 37 heavy (non-hydrogen) atoms. The summed E-state index contributed by atoms with van der Waals surface area (Å²) in [6.07, 6.45) is -0.111. The Morgan fingerprint density at radius 2 is 1.86 bits per heavy atom. The molecule has 0 unspecified atom stereocenters. The lowest BCUT2D eigenvalue weighted by Gasteiger charge is -2.23. The first-order valence-electron chi connectivity index (χ1n) is 12.1. The Hall–Kier alpha value is -3.30. The molecule has 7 nitrogen and oxygen atoms in total. The van der Waals surface area contributed by atoms with Crippen molar-refractivity contribution < 1.29 is 23.6 Å². The summed E-state index contributed by atoms with van der Waals surface area (Å²) in [5, 5.41) is 10.1. The molecule has 8 heteroatoms.